The Bertz CT molecular complexity index is 370. The second kappa shape index (κ2) is 7.68. The van der Waals surface area contributed by atoms with Crippen molar-refractivity contribution in [3.63, 3.8) is 0 Å². The van der Waals surface area contributed by atoms with Gasteiger partial charge in [-0.15, -0.1) is 10.2 Å². The van der Waals surface area contributed by atoms with Crippen LogP contribution in [0.25, 0.3) is 0 Å². The fourth-order valence-electron chi connectivity index (χ4n) is 1.72. The molecule has 0 saturated carbocycles. The van der Waals surface area contributed by atoms with E-state index < -0.39 is 0 Å². The third-order valence-electron chi connectivity index (χ3n) is 2.86. The van der Waals surface area contributed by atoms with Gasteiger partial charge in [0.05, 0.1) is 6.54 Å². The highest BCUT2D eigenvalue weighted by Crippen LogP contribution is 1.96. The largest absolute Gasteiger partial charge is 0.349 e. The Morgan fingerprint density at radius 2 is 2.28 bits per heavy atom. The van der Waals surface area contributed by atoms with Crippen LogP contribution in [0.3, 0.4) is 0 Å². The fourth-order valence-corrected chi connectivity index (χ4v) is 1.72. The van der Waals surface area contributed by atoms with Crippen LogP contribution in [-0.2, 0) is 13.1 Å². The molecular formula is C12H24N6. The van der Waals surface area contributed by atoms with E-state index in [4.69, 9.17) is 0 Å². The quantitative estimate of drug-likeness (QED) is 0.608. The summed E-state index contributed by atoms with van der Waals surface area (Å²) in [6.07, 6.45) is 4.11. The van der Waals surface area contributed by atoms with Crippen molar-refractivity contribution in [2.45, 2.75) is 39.8 Å². The molecule has 1 rings (SSSR count). The molecule has 6 nitrogen and oxygen atoms in total. The van der Waals surface area contributed by atoms with Crippen molar-refractivity contribution in [2.24, 2.45) is 4.99 Å². The number of nitrogens with one attached hydrogen (secondary N) is 1. The first kappa shape index (κ1) is 14.5. The van der Waals surface area contributed by atoms with Gasteiger partial charge in [-0.2, -0.15) is 0 Å². The maximum atomic E-state index is 4.27. The van der Waals surface area contributed by atoms with E-state index in [-0.39, 0.29) is 0 Å². The van der Waals surface area contributed by atoms with Gasteiger partial charge < -0.3 is 14.8 Å². The SMILES string of the molecule is CCCCN(C)C(=NC)NCc1nncn1CC. The Balaban J connectivity index is 2.49. The summed E-state index contributed by atoms with van der Waals surface area (Å²) in [5.41, 5.74) is 0. The van der Waals surface area contributed by atoms with Crippen LogP contribution in [0, 0.1) is 0 Å². The lowest BCUT2D eigenvalue weighted by Crippen LogP contribution is -2.39. The highest BCUT2D eigenvalue weighted by molar-refractivity contribution is 5.79. The molecule has 1 N–H and O–H groups in total. The minimum absolute atomic E-state index is 0.650. The van der Waals surface area contributed by atoms with Crippen molar-refractivity contribution < 1.29 is 0 Å². The van der Waals surface area contributed by atoms with Gasteiger partial charge >= 0.3 is 0 Å². The Kier molecular flexibility index (Phi) is 6.18. The number of aromatic nitrogens is 3. The highest BCUT2D eigenvalue weighted by Gasteiger charge is 2.07. The lowest BCUT2D eigenvalue weighted by Gasteiger charge is -2.21. The lowest BCUT2D eigenvalue weighted by atomic mass is 10.3. The van der Waals surface area contributed by atoms with Gasteiger partial charge in [-0.05, 0) is 13.3 Å². The minimum Gasteiger partial charge on any atom is -0.349 e. The first-order valence-corrected chi connectivity index (χ1v) is 6.51. The zero-order chi connectivity index (χ0) is 13.4. The average molecular weight is 252 g/mol. The maximum Gasteiger partial charge on any atom is 0.193 e. The van der Waals surface area contributed by atoms with Crippen LogP contribution in [0.5, 0.6) is 0 Å². The molecule has 102 valence electrons. The van der Waals surface area contributed by atoms with E-state index in [1.807, 2.05) is 4.57 Å². The first-order chi connectivity index (χ1) is 8.72. The van der Waals surface area contributed by atoms with Gasteiger partial charge in [-0.1, -0.05) is 13.3 Å². The lowest BCUT2D eigenvalue weighted by molar-refractivity contribution is 0.462. The molecule has 0 atom stereocenters. The number of nitrogens with zero attached hydrogens (tertiary/aromatic N) is 5. The molecule has 1 heterocycles. The zero-order valence-corrected chi connectivity index (χ0v) is 11.8. The number of guanidine groups is 1. The number of aliphatic imine (C=N–C) groups is 1. The average Bonchev–Trinajstić information content (AvgIpc) is 2.84. The number of hydrogen-bond donors (Lipinski definition) is 1. The minimum atomic E-state index is 0.650. The normalized spacial score (nSPS) is 11.7. The van der Waals surface area contributed by atoms with Crippen molar-refractivity contribution >= 4 is 5.96 Å². The van der Waals surface area contributed by atoms with Gasteiger partial charge in [-0.25, -0.2) is 0 Å². The van der Waals surface area contributed by atoms with Gasteiger partial charge in [0.2, 0.25) is 0 Å². The predicted octanol–water partition coefficient (Wildman–Crippen LogP) is 1.11. The number of unbranched alkanes of at least 4 members (excludes halogenated alkanes) is 1. The third kappa shape index (κ3) is 4.01. The van der Waals surface area contributed by atoms with Crippen LogP contribution >= 0.6 is 0 Å². The molecule has 0 spiro atoms. The van der Waals surface area contributed by atoms with Crippen molar-refractivity contribution in [1.82, 2.24) is 25.0 Å². The molecule has 6 heteroatoms. The molecule has 1 aromatic heterocycles. The van der Waals surface area contributed by atoms with Crippen molar-refractivity contribution in [1.29, 1.82) is 0 Å². The summed E-state index contributed by atoms with van der Waals surface area (Å²) in [5.74, 6) is 1.83. The van der Waals surface area contributed by atoms with E-state index in [1.54, 1.807) is 13.4 Å². The molecule has 0 unspecified atom stereocenters. The molecule has 0 aliphatic carbocycles. The summed E-state index contributed by atoms with van der Waals surface area (Å²) in [5, 5.41) is 11.3. The Morgan fingerprint density at radius 3 is 2.89 bits per heavy atom. The second-order valence-electron chi connectivity index (χ2n) is 4.21. The van der Waals surface area contributed by atoms with E-state index in [0.29, 0.717) is 6.54 Å². The van der Waals surface area contributed by atoms with E-state index in [1.165, 1.54) is 12.8 Å². The topological polar surface area (TPSA) is 58.3 Å². The van der Waals surface area contributed by atoms with Gasteiger partial charge in [0.1, 0.15) is 6.33 Å². The van der Waals surface area contributed by atoms with Crippen LogP contribution in [-0.4, -0.2) is 46.3 Å². The summed E-state index contributed by atoms with van der Waals surface area (Å²) in [6, 6.07) is 0. The molecule has 0 fully saturated rings. The van der Waals surface area contributed by atoms with Crippen molar-refractivity contribution in [3.8, 4) is 0 Å². The summed E-state index contributed by atoms with van der Waals surface area (Å²) < 4.78 is 2.02. The number of hydrogen-bond acceptors (Lipinski definition) is 3. The molecule has 0 aromatic carbocycles. The fraction of sp³-hybridized carbons (Fsp3) is 0.750. The van der Waals surface area contributed by atoms with Crippen molar-refractivity contribution in [3.05, 3.63) is 12.2 Å². The maximum absolute atomic E-state index is 4.27. The smallest absolute Gasteiger partial charge is 0.193 e. The molecule has 0 aliphatic rings. The summed E-state index contributed by atoms with van der Waals surface area (Å²) in [7, 11) is 3.85. The predicted molar refractivity (Wildman–Crippen MR) is 73.4 cm³/mol. The molecule has 0 bridgehead atoms. The van der Waals surface area contributed by atoms with E-state index >= 15 is 0 Å². The summed E-state index contributed by atoms with van der Waals surface area (Å²) in [4.78, 5) is 6.40. The Labute approximate surface area is 109 Å². The van der Waals surface area contributed by atoms with E-state index in [9.17, 15) is 0 Å². The molecule has 0 saturated heterocycles. The standard InChI is InChI=1S/C12H24N6/c1-5-7-8-17(4)12(13-3)14-9-11-16-15-10-18(11)6-2/h10H,5-9H2,1-4H3,(H,13,14). The van der Waals surface area contributed by atoms with E-state index in [0.717, 1.165) is 24.9 Å². The van der Waals surface area contributed by atoms with E-state index in [2.05, 4.69) is 46.3 Å². The Hall–Kier alpha value is -1.59. The molecule has 1 aromatic rings. The monoisotopic (exact) mass is 252 g/mol. The van der Waals surface area contributed by atoms with Gasteiger partial charge in [0, 0.05) is 27.2 Å². The highest BCUT2D eigenvalue weighted by atomic mass is 15.3. The molecule has 0 aliphatic heterocycles. The molecule has 0 amide bonds. The van der Waals surface area contributed by atoms with Crippen LogP contribution in [0.15, 0.2) is 11.3 Å². The second-order valence-corrected chi connectivity index (χ2v) is 4.21. The molecular weight excluding hydrogens is 228 g/mol. The van der Waals surface area contributed by atoms with Gasteiger partial charge in [0.25, 0.3) is 0 Å². The number of rotatable bonds is 6. The third-order valence-corrected chi connectivity index (χ3v) is 2.86. The summed E-state index contributed by atoms with van der Waals surface area (Å²) >= 11 is 0. The first-order valence-electron chi connectivity index (χ1n) is 6.51. The van der Waals surface area contributed by atoms with Crippen LogP contribution in [0.1, 0.15) is 32.5 Å². The Morgan fingerprint density at radius 1 is 1.50 bits per heavy atom. The van der Waals surface area contributed by atoms with Crippen LogP contribution < -0.4 is 5.32 Å². The van der Waals surface area contributed by atoms with Gasteiger partial charge in [0.15, 0.2) is 11.8 Å². The number of aryl methyl sites for hydroxylation is 1. The van der Waals surface area contributed by atoms with Gasteiger partial charge in [-0.3, -0.25) is 4.99 Å². The summed E-state index contributed by atoms with van der Waals surface area (Å²) in [6.45, 7) is 6.81. The van der Waals surface area contributed by atoms with Crippen LogP contribution in [0.2, 0.25) is 0 Å². The molecule has 18 heavy (non-hydrogen) atoms. The van der Waals surface area contributed by atoms with Crippen LogP contribution in [0.4, 0.5) is 0 Å². The van der Waals surface area contributed by atoms with Crippen molar-refractivity contribution in [2.75, 3.05) is 20.6 Å². The molecule has 0 radical (unpaired) electrons. The zero-order valence-electron chi connectivity index (χ0n) is 11.8.